The number of methoxy groups -OCH3 is 1. The number of aryl methyl sites for hydroxylation is 1. The molecule has 2 aromatic carbocycles. The second-order valence-electron chi connectivity index (χ2n) is 4.66. The van der Waals surface area contributed by atoms with Crippen molar-refractivity contribution >= 4 is 0 Å². The molecule has 0 radical (unpaired) electrons. The van der Waals surface area contributed by atoms with Crippen LogP contribution >= 0.6 is 0 Å². The Hall–Kier alpha value is -1.87. The molecular weight excluding hydrogens is 241 g/mol. The molecule has 2 nitrogen and oxygen atoms in total. The van der Waals surface area contributed by atoms with Crippen molar-refractivity contribution in [2.75, 3.05) is 7.11 Å². The van der Waals surface area contributed by atoms with Crippen molar-refractivity contribution in [1.29, 1.82) is 0 Å². The van der Waals surface area contributed by atoms with E-state index in [0.717, 1.165) is 11.1 Å². The highest BCUT2D eigenvalue weighted by atomic mass is 19.1. The van der Waals surface area contributed by atoms with Gasteiger partial charge in [-0.1, -0.05) is 42.0 Å². The Labute approximate surface area is 113 Å². The summed E-state index contributed by atoms with van der Waals surface area (Å²) in [4.78, 5) is 0. The minimum atomic E-state index is -0.326. The summed E-state index contributed by atoms with van der Waals surface area (Å²) in [5.41, 5.74) is 8.89. The Morgan fingerprint density at radius 3 is 2.63 bits per heavy atom. The van der Waals surface area contributed by atoms with Crippen LogP contribution in [0, 0.1) is 12.7 Å². The van der Waals surface area contributed by atoms with Gasteiger partial charge in [-0.3, -0.25) is 0 Å². The van der Waals surface area contributed by atoms with Crippen LogP contribution in [0.25, 0.3) is 0 Å². The molecule has 2 rings (SSSR count). The molecule has 0 bridgehead atoms. The normalized spacial score (nSPS) is 12.2. The summed E-state index contributed by atoms with van der Waals surface area (Å²) in [6, 6.07) is 12.9. The zero-order valence-electron chi connectivity index (χ0n) is 11.2. The molecule has 1 atom stereocenters. The number of benzene rings is 2. The van der Waals surface area contributed by atoms with Crippen LogP contribution in [0.15, 0.2) is 42.5 Å². The van der Waals surface area contributed by atoms with Gasteiger partial charge in [0.05, 0.1) is 7.11 Å². The second-order valence-corrected chi connectivity index (χ2v) is 4.66. The Morgan fingerprint density at radius 2 is 1.95 bits per heavy atom. The fraction of sp³-hybridized carbons (Fsp3) is 0.250. The van der Waals surface area contributed by atoms with Crippen LogP contribution in [-0.2, 0) is 6.42 Å². The predicted octanol–water partition coefficient (Wildman–Crippen LogP) is 3.39. The summed E-state index contributed by atoms with van der Waals surface area (Å²) >= 11 is 0. The maximum absolute atomic E-state index is 14.0. The summed E-state index contributed by atoms with van der Waals surface area (Å²) in [6.45, 7) is 2.02. The van der Waals surface area contributed by atoms with Gasteiger partial charge in [0.1, 0.15) is 0 Å². The van der Waals surface area contributed by atoms with E-state index in [1.54, 1.807) is 18.2 Å². The smallest absolute Gasteiger partial charge is 0.168 e. The van der Waals surface area contributed by atoms with E-state index in [2.05, 4.69) is 0 Å². The first-order valence-corrected chi connectivity index (χ1v) is 6.25. The Bertz CT molecular complexity index is 568. The summed E-state index contributed by atoms with van der Waals surface area (Å²) in [5, 5.41) is 0. The SMILES string of the molecule is COc1cccc(CC(N)c2cccc(C)c2)c1F. The maximum Gasteiger partial charge on any atom is 0.168 e. The molecule has 3 heteroatoms. The zero-order chi connectivity index (χ0) is 13.8. The summed E-state index contributed by atoms with van der Waals surface area (Å²) in [5.74, 6) is -0.0676. The van der Waals surface area contributed by atoms with Gasteiger partial charge in [-0.05, 0) is 30.5 Å². The second kappa shape index (κ2) is 5.85. The van der Waals surface area contributed by atoms with Crippen molar-refractivity contribution in [3.63, 3.8) is 0 Å². The van der Waals surface area contributed by atoms with Gasteiger partial charge in [-0.25, -0.2) is 4.39 Å². The van der Waals surface area contributed by atoms with Crippen LogP contribution in [-0.4, -0.2) is 7.11 Å². The van der Waals surface area contributed by atoms with E-state index in [1.807, 2.05) is 31.2 Å². The molecule has 0 fully saturated rings. The number of ether oxygens (including phenoxy) is 1. The highest BCUT2D eigenvalue weighted by Gasteiger charge is 2.13. The first kappa shape index (κ1) is 13.6. The van der Waals surface area contributed by atoms with Gasteiger partial charge in [-0.2, -0.15) is 0 Å². The Kier molecular flexibility index (Phi) is 4.17. The minimum Gasteiger partial charge on any atom is -0.494 e. The molecule has 0 heterocycles. The van der Waals surface area contributed by atoms with Gasteiger partial charge in [0.15, 0.2) is 11.6 Å². The molecule has 0 aliphatic carbocycles. The van der Waals surface area contributed by atoms with E-state index in [1.165, 1.54) is 7.11 Å². The largest absolute Gasteiger partial charge is 0.494 e. The average molecular weight is 259 g/mol. The van der Waals surface area contributed by atoms with Gasteiger partial charge < -0.3 is 10.5 Å². The van der Waals surface area contributed by atoms with Gasteiger partial charge >= 0.3 is 0 Å². The molecule has 0 aliphatic heterocycles. The monoisotopic (exact) mass is 259 g/mol. The minimum absolute atomic E-state index is 0.221. The molecule has 2 N–H and O–H groups in total. The molecule has 1 unspecified atom stereocenters. The van der Waals surface area contributed by atoms with E-state index in [4.69, 9.17) is 10.5 Å². The third-order valence-electron chi connectivity index (χ3n) is 3.17. The van der Waals surface area contributed by atoms with Crippen molar-refractivity contribution in [2.45, 2.75) is 19.4 Å². The van der Waals surface area contributed by atoms with Crippen LogP contribution in [0.4, 0.5) is 4.39 Å². The fourth-order valence-electron chi connectivity index (χ4n) is 2.13. The third kappa shape index (κ3) is 3.12. The molecule has 2 aromatic rings. The molecular formula is C16H18FNO. The number of halogens is 1. The van der Waals surface area contributed by atoms with Crippen LogP contribution in [0.5, 0.6) is 5.75 Å². The molecule has 0 saturated carbocycles. The highest BCUT2D eigenvalue weighted by Crippen LogP contribution is 2.24. The molecule has 0 saturated heterocycles. The summed E-state index contributed by atoms with van der Waals surface area (Å²) < 4.78 is 19.0. The predicted molar refractivity (Wildman–Crippen MR) is 74.8 cm³/mol. The number of nitrogens with two attached hydrogens (primary N) is 1. The maximum atomic E-state index is 14.0. The van der Waals surface area contributed by atoms with Crippen LogP contribution in [0.2, 0.25) is 0 Å². The summed E-state index contributed by atoms with van der Waals surface area (Å²) in [7, 11) is 1.46. The fourth-order valence-corrected chi connectivity index (χ4v) is 2.13. The van der Waals surface area contributed by atoms with Gasteiger partial charge in [0, 0.05) is 6.04 Å². The molecule has 0 aromatic heterocycles. The van der Waals surface area contributed by atoms with Gasteiger partial charge in [0.2, 0.25) is 0 Å². The van der Waals surface area contributed by atoms with Crippen molar-refractivity contribution in [1.82, 2.24) is 0 Å². The standard InChI is InChI=1S/C16H18FNO/c1-11-5-3-6-12(9-11)14(18)10-13-7-4-8-15(19-2)16(13)17/h3-9,14H,10,18H2,1-2H3. The van der Waals surface area contributed by atoms with Crippen LogP contribution in [0.3, 0.4) is 0 Å². The van der Waals surface area contributed by atoms with E-state index >= 15 is 0 Å². The molecule has 0 spiro atoms. The Morgan fingerprint density at radius 1 is 1.21 bits per heavy atom. The van der Waals surface area contributed by atoms with E-state index < -0.39 is 0 Å². The highest BCUT2D eigenvalue weighted by molar-refractivity contribution is 5.33. The van der Waals surface area contributed by atoms with E-state index in [0.29, 0.717) is 12.0 Å². The molecule has 0 aliphatic rings. The number of rotatable bonds is 4. The first-order valence-electron chi connectivity index (χ1n) is 6.25. The zero-order valence-corrected chi connectivity index (χ0v) is 11.2. The van der Waals surface area contributed by atoms with Gasteiger partial charge in [0.25, 0.3) is 0 Å². The molecule has 19 heavy (non-hydrogen) atoms. The van der Waals surface area contributed by atoms with Crippen molar-refractivity contribution in [3.8, 4) is 5.75 Å². The van der Waals surface area contributed by atoms with E-state index in [9.17, 15) is 4.39 Å². The summed E-state index contributed by atoms with van der Waals surface area (Å²) in [6.07, 6.45) is 0.451. The molecule has 100 valence electrons. The number of hydrogen-bond acceptors (Lipinski definition) is 2. The third-order valence-corrected chi connectivity index (χ3v) is 3.17. The lowest BCUT2D eigenvalue weighted by atomic mass is 9.98. The number of hydrogen-bond donors (Lipinski definition) is 1. The van der Waals surface area contributed by atoms with Crippen molar-refractivity contribution < 1.29 is 9.13 Å². The lowest BCUT2D eigenvalue weighted by Gasteiger charge is -2.14. The molecule has 0 amide bonds. The first-order chi connectivity index (χ1) is 9.11. The van der Waals surface area contributed by atoms with Crippen molar-refractivity contribution in [2.24, 2.45) is 5.73 Å². The Balaban J connectivity index is 2.21. The lowest BCUT2D eigenvalue weighted by Crippen LogP contribution is -2.14. The van der Waals surface area contributed by atoms with E-state index in [-0.39, 0.29) is 17.6 Å². The van der Waals surface area contributed by atoms with Crippen LogP contribution in [0.1, 0.15) is 22.7 Å². The quantitative estimate of drug-likeness (QED) is 0.913. The average Bonchev–Trinajstić information content (AvgIpc) is 2.41. The van der Waals surface area contributed by atoms with Crippen LogP contribution < -0.4 is 10.5 Å². The van der Waals surface area contributed by atoms with Gasteiger partial charge in [-0.15, -0.1) is 0 Å². The van der Waals surface area contributed by atoms with Crippen molar-refractivity contribution in [3.05, 3.63) is 65.0 Å². The lowest BCUT2D eigenvalue weighted by molar-refractivity contribution is 0.383. The topological polar surface area (TPSA) is 35.2 Å².